The SMILES string of the molecule is [2H]c1c([2H])c([2H])c(-n2c3c([2H])c([2H])c([2H])c([2H])c3c3c([2H])c(B4OC(C)(C)C(C)(C)O4)c([2H])c([2H])c32)c([2H])c1[2H]. The molecule has 3 nitrogen and oxygen atoms in total. The van der Waals surface area contributed by atoms with Crippen molar-refractivity contribution in [3.8, 4) is 5.69 Å². The van der Waals surface area contributed by atoms with Crippen molar-refractivity contribution < 1.29 is 25.8 Å². The third kappa shape index (κ3) is 2.52. The highest BCUT2D eigenvalue weighted by Gasteiger charge is 2.51. The molecule has 1 aliphatic rings. The molecule has 1 aromatic heterocycles. The van der Waals surface area contributed by atoms with Crippen LogP contribution in [-0.4, -0.2) is 22.9 Å². The van der Waals surface area contributed by atoms with E-state index in [-0.39, 0.29) is 27.3 Å². The lowest BCUT2D eigenvalue weighted by Gasteiger charge is -2.32. The van der Waals surface area contributed by atoms with Crippen LogP contribution in [0.2, 0.25) is 0 Å². The lowest BCUT2D eigenvalue weighted by atomic mass is 9.78. The van der Waals surface area contributed by atoms with Crippen LogP contribution in [0.4, 0.5) is 0 Å². The Hall–Kier alpha value is -2.56. The summed E-state index contributed by atoms with van der Waals surface area (Å²) in [5, 5.41) is -0.344. The molecule has 4 aromatic rings. The fourth-order valence-electron chi connectivity index (χ4n) is 3.19. The Morgan fingerprint density at radius 2 is 1.36 bits per heavy atom. The van der Waals surface area contributed by atoms with E-state index >= 15 is 0 Å². The summed E-state index contributed by atoms with van der Waals surface area (Å²) in [6.07, 6.45) is 0. The maximum atomic E-state index is 9.15. The number of rotatable bonds is 2. The molecule has 0 aliphatic carbocycles. The number of nitrogens with zero attached hydrogens (tertiary/aromatic N) is 1. The van der Waals surface area contributed by atoms with Crippen LogP contribution in [0.1, 0.15) is 44.1 Å². The average molecular weight is 381 g/mol. The number of benzene rings is 3. The van der Waals surface area contributed by atoms with Gasteiger partial charge in [-0.25, -0.2) is 0 Å². The molecule has 0 unspecified atom stereocenters. The van der Waals surface area contributed by atoms with E-state index in [2.05, 4.69) is 0 Å². The lowest BCUT2D eigenvalue weighted by molar-refractivity contribution is 0.00578. The molecule has 0 N–H and O–H groups in total. The first-order chi connectivity index (χ1) is 18.4. The fraction of sp³-hybridized carbons (Fsp3) is 0.250. The van der Waals surface area contributed by atoms with E-state index in [1.165, 1.54) is 0 Å². The van der Waals surface area contributed by atoms with E-state index in [0.717, 1.165) is 4.57 Å². The second-order valence-electron chi connectivity index (χ2n) is 7.63. The quantitative estimate of drug-likeness (QED) is 0.452. The Kier molecular flexibility index (Phi) is 1.89. The van der Waals surface area contributed by atoms with Crippen LogP contribution < -0.4 is 5.46 Å². The minimum atomic E-state index is -1.24. The summed E-state index contributed by atoms with van der Waals surface area (Å²) in [4.78, 5) is 0. The number of hydrogen-bond acceptors (Lipinski definition) is 2. The molecule has 3 aromatic carbocycles. The van der Waals surface area contributed by atoms with Gasteiger partial charge in [-0.1, -0.05) is 48.3 Å². The molecule has 0 radical (unpaired) electrons. The maximum absolute atomic E-state index is 9.15. The van der Waals surface area contributed by atoms with Gasteiger partial charge >= 0.3 is 7.12 Å². The van der Waals surface area contributed by atoms with Crippen LogP contribution in [0.5, 0.6) is 0 Å². The molecule has 1 aliphatic heterocycles. The van der Waals surface area contributed by atoms with Gasteiger partial charge in [0, 0.05) is 16.5 Å². The van der Waals surface area contributed by atoms with Crippen molar-refractivity contribution >= 4 is 34.4 Å². The fourth-order valence-corrected chi connectivity index (χ4v) is 3.19. The maximum Gasteiger partial charge on any atom is 0.494 e. The van der Waals surface area contributed by atoms with Crippen molar-refractivity contribution in [3.63, 3.8) is 0 Å². The third-order valence-electron chi connectivity index (χ3n) is 5.38. The highest BCUT2D eigenvalue weighted by atomic mass is 16.7. The van der Waals surface area contributed by atoms with Gasteiger partial charge in [0.1, 0.15) is 0 Å². The topological polar surface area (TPSA) is 23.4 Å². The van der Waals surface area contributed by atoms with Gasteiger partial charge in [0.2, 0.25) is 0 Å². The Morgan fingerprint density at radius 3 is 2.07 bits per heavy atom. The standard InChI is InChI=1S/C24H24BNO2/c1-23(2)24(3,4)28-25(27-23)17-14-15-22-20(16-17)19-12-8-9-13-21(19)26(22)18-10-6-5-7-11-18/h5-16H,1-4H3/i5D,6D,7D,8D,9D,10D,11D,12D,13D,14D,15D,16D. The van der Waals surface area contributed by atoms with Crippen LogP contribution in [0, 0.1) is 0 Å². The van der Waals surface area contributed by atoms with Crippen molar-refractivity contribution in [2.75, 3.05) is 0 Å². The molecule has 28 heavy (non-hydrogen) atoms. The van der Waals surface area contributed by atoms with Gasteiger partial charge in [0.15, 0.2) is 0 Å². The molecule has 0 saturated carbocycles. The predicted octanol–water partition coefficient (Wildman–Crippen LogP) is 5.08. The number of hydrogen-bond donors (Lipinski definition) is 0. The van der Waals surface area contributed by atoms with Crippen molar-refractivity contribution in [2.45, 2.75) is 38.9 Å². The van der Waals surface area contributed by atoms with E-state index in [0.29, 0.717) is 0 Å². The number of para-hydroxylation sites is 2. The van der Waals surface area contributed by atoms with E-state index < -0.39 is 96.5 Å². The van der Waals surface area contributed by atoms with Crippen LogP contribution in [0.25, 0.3) is 27.5 Å². The van der Waals surface area contributed by atoms with E-state index in [1.54, 1.807) is 27.7 Å². The Labute approximate surface area is 182 Å². The van der Waals surface area contributed by atoms with Gasteiger partial charge in [-0.3, -0.25) is 0 Å². The summed E-state index contributed by atoms with van der Waals surface area (Å²) in [7, 11) is -1.24. The first kappa shape index (κ1) is 8.85. The summed E-state index contributed by atoms with van der Waals surface area (Å²) in [5.74, 6) is 0. The van der Waals surface area contributed by atoms with E-state index in [1.807, 2.05) is 0 Å². The molecule has 0 spiro atoms. The normalized spacial score (nSPS) is 24.2. The molecule has 140 valence electrons. The van der Waals surface area contributed by atoms with Crippen LogP contribution in [0.3, 0.4) is 0 Å². The zero-order valence-corrected chi connectivity index (χ0v) is 15.8. The summed E-state index contributed by atoms with van der Waals surface area (Å²) in [6, 6.07) is -7.21. The molecule has 2 heterocycles. The Balaban J connectivity index is 2.06. The van der Waals surface area contributed by atoms with Crippen molar-refractivity contribution in [3.05, 3.63) is 72.5 Å². The van der Waals surface area contributed by atoms with Crippen molar-refractivity contribution in [1.82, 2.24) is 4.57 Å². The summed E-state index contributed by atoms with van der Waals surface area (Å²) in [6.45, 7) is 7.12. The Bertz CT molecular complexity index is 1750. The van der Waals surface area contributed by atoms with E-state index in [9.17, 15) is 0 Å². The molecular formula is C24H24BNO2. The summed E-state index contributed by atoms with van der Waals surface area (Å²) < 4.78 is 115. The van der Waals surface area contributed by atoms with Crippen molar-refractivity contribution in [2.24, 2.45) is 0 Å². The average Bonchev–Trinajstić information content (AvgIpc) is 3.33. The molecule has 4 heteroatoms. The predicted molar refractivity (Wildman–Crippen MR) is 116 cm³/mol. The largest absolute Gasteiger partial charge is 0.494 e. The second kappa shape index (κ2) is 5.97. The van der Waals surface area contributed by atoms with Gasteiger partial charge < -0.3 is 13.9 Å². The zero-order chi connectivity index (χ0) is 30.0. The smallest absolute Gasteiger partial charge is 0.399 e. The van der Waals surface area contributed by atoms with Crippen LogP contribution >= 0.6 is 0 Å². The molecule has 0 atom stereocenters. The molecule has 0 bridgehead atoms. The van der Waals surface area contributed by atoms with Gasteiger partial charge in [-0.2, -0.15) is 0 Å². The summed E-state index contributed by atoms with van der Waals surface area (Å²) >= 11 is 0. The van der Waals surface area contributed by atoms with Gasteiger partial charge in [-0.15, -0.1) is 0 Å². The Morgan fingerprint density at radius 1 is 0.750 bits per heavy atom. The first-order valence-electron chi connectivity index (χ1n) is 14.8. The lowest BCUT2D eigenvalue weighted by Crippen LogP contribution is -2.41. The van der Waals surface area contributed by atoms with Gasteiger partial charge in [-0.05, 0) is 57.3 Å². The first-order valence-corrected chi connectivity index (χ1v) is 8.84. The molecule has 0 amide bonds. The van der Waals surface area contributed by atoms with Crippen LogP contribution in [0.15, 0.2) is 72.5 Å². The van der Waals surface area contributed by atoms with Gasteiger partial charge in [0.05, 0.1) is 38.7 Å². The van der Waals surface area contributed by atoms with E-state index in [4.69, 9.17) is 25.8 Å². The second-order valence-corrected chi connectivity index (χ2v) is 7.63. The molecular weight excluding hydrogens is 345 g/mol. The minimum Gasteiger partial charge on any atom is -0.399 e. The molecule has 1 fully saturated rings. The summed E-state index contributed by atoms with van der Waals surface area (Å²) in [5.41, 5.74) is -2.84. The molecule has 5 rings (SSSR count). The highest BCUT2D eigenvalue weighted by molar-refractivity contribution is 6.62. The van der Waals surface area contributed by atoms with Crippen LogP contribution in [-0.2, 0) is 9.31 Å². The third-order valence-corrected chi connectivity index (χ3v) is 5.38. The highest BCUT2D eigenvalue weighted by Crippen LogP contribution is 2.37. The minimum absolute atomic E-state index is 0.122. The monoisotopic (exact) mass is 381 g/mol. The molecule has 1 saturated heterocycles. The van der Waals surface area contributed by atoms with Gasteiger partial charge in [0.25, 0.3) is 0 Å². The zero-order valence-electron chi connectivity index (χ0n) is 27.8. The number of fused-ring (bicyclic) bond motifs is 3. The number of aromatic nitrogens is 1. The van der Waals surface area contributed by atoms with Crippen molar-refractivity contribution in [1.29, 1.82) is 0 Å².